The number of hydrogen-bond acceptors (Lipinski definition) is 3. The summed E-state index contributed by atoms with van der Waals surface area (Å²) >= 11 is 6.05. The van der Waals surface area contributed by atoms with Gasteiger partial charge in [0.15, 0.2) is 0 Å². The van der Waals surface area contributed by atoms with Crippen molar-refractivity contribution >= 4 is 34.3 Å². The van der Waals surface area contributed by atoms with Crippen molar-refractivity contribution in [3.8, 4) is 0 Å². The van der Waals surface area contributed by atoms with Gasteiger partial charge in [-0.3, -0.25) is 14.4 Å². The fourth-order valence-electron chi connectivity index (χ4n) is 2.91. The van der Waals surface area contributed by atoms with Gasteiger partial charge in [-0.1, -0.05) is 17.7 Å². The number of halogens is 1. The molecule has 2 aromatic rings. The molecule has 0 aliphatic carbocycles. The molecule has 6 nitrogen and oxygen atoms in total. The predicted octanol–water partition coefficient (Wildman–Crippen LogP) is 1.52. The van der Waals surface area contributed by atoms with Crippen molar-refractivity contribution in [1.29, 1.82) is 0 Å². The van der Waals surface area contributed by atoms with Crippen molar-refractivity contribution in [2.45, 2.75) is 12.8 Å². The van der Waals surface area contributed by atoms with E-state index in [1.807, 2.05) is 0 Å². The Morgan fingerprint density at radius 2 is 1.96 bits per heavy atom. The number of aromatic nitrogens is 1. The van der Waals surface area contributed by atoms with Gasteiger partial charge >= 0.3 is 0 Å². The Bertz CT molecular complexity index is 838. The molecule has 0 radical (unpaired) electrons. The number of nitrogens with one attached hydrogen (secondary N) is 1. The maximum atomic E-state index is 12.6. The van der Waals surface area contributed by atoms with E-state index in [9.17, 15) is 14.4 Å². The Hall–Kier alpha value is -2.34. The van der Waals surface area contributed by atoms with Gasteiger partial charge in [0.1, 0.15) is 5.56 Å². The number of hydrogen-bond donors (Lipinski definition) is 2. The number of nitrogens with zero attached hydrogens (tertiary/aromatic N) is 1. The summed E-state index contributed by atoms with van der Waals surface area (Å²) in [5.74, 6) is -0.876. The highest BCUT2D eigenvalue weighted by molar-refractivity contribution is 6.35. The molecule has 0 saturated carbocycles. The third kappa shape index (κ3) is 2.82. The van der Waals surface area contributed by atoms with E-state index in [0.29, 0.717) is 41.9 Å². The molecule has 1 fully saturated rings. The van der Waals surface area contributed by atoms with Crippen molar-refractivity contribution in [2.75, 3.05) is 13.1 Å². The van der Waals surface area contributed by atoms with Gasteiger partial charge in [0, 0.05) is 30.6 Å². The largest absolute Gasteiger partial charge is 0.369 e. The van der Waals surface area contributed by atoms with E-state index in [1.54, 1.807) is 23.1 Å². The number of carbonyl (C=O) groups is 2. The number of H-pyrrole nitrogens is 1. The molecule has 0 unspecified atom stereocenters. The number of rotatable bonds is 2. The Balaban J connectivity index is 1.89. The summed E-state index contributed by atoms with van der Waals surface area (Å²) in [6, 6.07) is 4.98. The first-order valence-electron chi connectivity index (χ1n) is 7.37. The third-order valence-electron chi connectivity index (χ3n) is 4.28. The summed E-state index contributed by atoms with van der Waals surface area (Å²) in [5.41, 5.74) is 5.54. The van der Waals surface area contributed by atoms with Crippen LogP contribution in [0.5, 0.6) is 0 Å². The first-order chi connectivity index (χ1) is 11.0. The van der Waals surface area contributed by atoms with Crippen LogP contribution in [0, 0.1) is 5.92 Å². The first-order valence-corrected chi connectivity index (χ1v) is 7.75. The zero-order valence-electron chi connectivity index (χ0n) is 12.3. The molecule has 2 amide bonds. The van der Waals surface area contributed by atoms with Crippen LogP contribution in [0.25, 0.3) is 10.9 Å². The van der Waals surface area contributed by atoms with Gasteiger partial charge in [-0.15, -0.1) is 0 Å². The SMILES string of the molecule is NC(=O)C1CCN(C(=O)c2c[nH]c3c(Cl)cccc3c2=O)CC1. The fraction of sp³-hybridized carbons (Fsp3) is 0.312. The van der Waals surface area contributed by atoms with Crippen molar-refractivity contribution in [1.82, 2.24) is 9.88 Å². The number of primary amides is 1. The van der Waals surface area contributed by atoms with E-state index in [0.717, 1.165) is 0 Å². The molecule has 2 heterocycles. The minimum atomic E-state index is -0.344. The summed E-state index contributed by atoms with van der Waals surface area (Å²) in [6.07, 6.45) is 2.45. The maximum Gasteiger partial charge on any atom is 0.259 e. The van der Waals surface area contributed by atoms with Crippen LogP contribution >= 0.6 is 11.6 Å². The first kappa shape index (κ1) is 15.6. The number of pyridine rings is 1. The normalized spacial score (nSPS) is 15.8. The number of benzene rings is 1. The molecule has 1 saturated heterocycles. The molecule has 3 N–H and O–H groups in total. The van der Waals surface area contributed by atoms with Gasteiger partial charge in [-0.05, 0) is 25.0 Å². The van der Waals surface area contributed by atoms with Gasteiger partial charge in [-0.2, -0.15) is 0 Å². The molecular weight excluding hydrogens is 318 g/mol. The maximum absolute atomic E-state index is 12.6. The number of amides is 2. The van der Waals surface area contributed by atoms with E-state index in [2.05, 4.69) is 4.98 Å². The van der Waals surface area contributed by atoms with Gasteiger partial charge < -0.3 is 15.6 Å². The van der Waals surface area contributed by atoms with E-state index < -0.39 is 0 Å². The second-order valence-electron chi connectivity index (χ2n) is 5.66. The Morgan fingerprint density at radius 3 is 2.61 bits per heavy atom. The highest BCUT2D eigenvalue weighted by atomic mass is 35.5. The Labute approximate surface area is 137 Å². The van der Waals surface area contributed by atoms with E-state index in [-0.39, 0.29) is 28.7 Å². The lowest BCUT2D eigenvalue weighted by Gasteiger charge is -2.30. The molecule has 120 valence electrons. The number of nitrogens with two attached hydrogens (primary N) is 1. The van der Waals surface area contributed by atoms with E-state index >= 15 is 0 Å². The number of likely N-dealkylation sites (tertiary alicyclic amines) is 1. The second kappa shape index (κ2) is 6.04. The minimum Gasteiger partial charge on any atom is -0.369 e. The molecule has 1 aliphatic rings. The third-order valence-corrected chi connectivity index (χ3v) is 4.59. The molecule has 7 heteroatoms. The van der Waals surface area contributed by atoms with Crippen LogP contribution < -0.4 is 11.2 Å². The lowest BCUT2D eigenvalue weighted by Crippen LogP contribution is -2.43. The summed E-state index contributed by atoms with van der Waals surface area (Å²) in [4.78, 5) is 40.8. The van der Waals surface area contributed by atoms with Crippen LogP contribution in [0.2, 0.25) is 5.02 Å². The summed E-state index contributed by atoms with van der Waals surface area (Å²) in [7, 11) is 0. The average Bonchev–Trinajstić information content (AvgIpc) is 2.55. The highest BCUT2D eigenvalue weighted by Crippen LogP contribution is 2.21. The molecule has 1 aliphatic heterocycles. The molecule has 1 aromatic carbocycles. The van der Waals surface area contributed by atoms with Crippen molar-refractivity contribution < 1.29 is 9.59 Å². The number of carbonyl (C=O) groups excluding carboxylic acids is 2. The highest BCUT2D eigenvalue weighted by Gasteiger charge is 2.27. The minimum absolute atomic E-state index is 0.0808. The standard InChI is InChI=1S/C16H16ClN3O3/c17-12-3-1-2-10-13(12)19-8-11(14(10)21)16(23)20-6-4-9(5-7-20)15(18)22/h1-3,8-9H,4-7H2,(H2,18,22)(H,19,21). The summed E-state index contributed by atoms with van der Waals surface area (Å²) < 4.78 is 0. The summed E-state index contributed by atoms with van der Waals surface area (Å²) in [6.45, 7) is 0.832. The summed E-state index contributed by atoms with van der Waals surface area (Å²) in [5, 5.41) is 0.816. The van der Waals surface area contributed by atoms with Crippen LogP contribution in [0.15, 0.2) is 29.2 Å². The quantitative estimate of drug-likeness (QED) is 0.872. The van der Waals surface area contributed by atoms with Crippen molar-refractivity contribution in [3.63, 3.8) is 0 Å². The Kier molecular flexibility index (Phi) is 4.09. The van der Waals surface area contributed by atoms with Gasteiger partial charge in [-0.25, -0.2) is 0 Å². The molecule has 0 spiro atoms. The average molecular weight is 334 g/mol. The molecular formula is C16H16ClN3O3. The van der Waals surface area contributed by atoms with Gasteiger partial charge in [0.05, 0.1) is 10.5 Å². The zero-order valence-corrected chi connectivity index (χ0v) is 13.1. The zero-order chi connectivity index (χ0) is 16.6. The number of fused-ring (bicyclic) bond motifs is 1. The van der Waals surface area contributed by atoms with Crippen molar-refractivity contribution in [2.24, 2.45) is 11.7 Å². The number of para-hydroxylation sites is 1. The Morgan fingerprint density at radius 1 is 1.26 bits per heavy atom. The molecule has 1 aromatic heterocycles. The molecule has 0 atom stereocenters. The van der Waals surface area contributed by atoms with Gasteiger partial charge in [0.2, 0.25) is 11.3 Å². The van der Waals surface area contributed by atoms with Crippen LogP contribution in [-0.4, -0.2) is 34.8 Å². The monoisotopic (exact) mass is 333 g/mol. The van der Waals surface area contributed by atoms with Crippen LogP contribution in [0.1, 0.15) is 23.2 Å². The molecule has 3 rings (SSSR count). The fourth-order valence-corrected chi connectivity index (χ4v) is 3.14. The smallest absolute Gasteiger partial charge is 0.259 e. The van der Waals surface area contributed by atoms with E-state index in [1.165, 1.54) is 6.20 Å². The molecule has 0 bridgehead atoms. The molecule has 23 heavy (non-hydrogen) atoms. The lowest BCUT2D eigenvalue weighted by atomic mass is 9.96. The topological polar surface area (TPSA) is 96.3 Å². The lowest BCUT2D eigenvalue weighted by molar-refractivity contribution is -0.123. The van der Waals surface area contributed by atoms with Crippen LogP contribution in [-0.2, 0) is 4.79 Å². The second-order valence-corrected chi connectivity index (χ2v) is 6.07. The number of aromatic amines is 1. The van der Waals surface area contributed by atoms with E-state index in [4.69, 9.17) is 17.3 Å². The van der Waals surface area contributed by atoms with Crippen molar-refractivity contribution in [3.05, 3.63) is 45.2 Å². The van der Waals surface area contributed by atoms with Gasteiger partial charge in [0.25, 0.3) is 5.91 Å². The predicted molar refractivity (Wildman–Crippen MR) is 87.4 cm³/mol. The van der Waals surface area contributed by atoms with Crippen LogP contribution in [0.3, 0.4) is 0 Å². The number of piperidine rings is 1. The van der Waals surface area contributed by atoms with Crippen LogP contribution in [0.4, 0.5) is 0 Å².